The molecule has 3 aromatic rings. The number of nitrogen functional groups attached to an aromatic ring is 1. The molecule has 0 amide bonds. The second kappa shape index (κ2) is 11.1. The molecule has 12 heteroatoms. The van der Waals surface area contributed by atoms with Crippen molar-refractivity contribution in [3.8, 4) is 11.5 Å². The standard InChI is InChI=1S/C26H29ClN4O6S/c1-30(29)26-21(28)12-17(13-23(26)36-2)19(14-25(32)33)16-7-8-20(27)18(11-16)15-31-9-10-37-22-5-3-4-6-24(22)38(31,34)35/h3-8,11-13,19H,9-10,14-15,28-29H2,1-2H3,(H,32,33). The third kappa shape index (κ3) is 5.51. The van der Waals surface area contributed by atoms with Crippen LogP contribution in [0, 0.1) is 0 Å². The minimum Gasteiger partial charge on any atom is -0.494 e. The van der Waals surface area contributed by atoms with Crippen LogP contribution in [0.15, 0.2) is 59.5 Å². The first kappa shape index (κ1) is 27.5. The average Bonchev–Trinajstić information content (AvgIpc) is 2.99. The van der Waals surface area contributed by atoms with E-state index in [-0.39, 0.29) is 31.0 Å². The van der Waals surface area contributed by atoms with Gasteiger partial charge in [0.1, 0.15) is 28.7 Å². The molecule has 1 heterocycles. The van der Waals surface area contributed by atoms with Crippen molar-refractivity contribution in [1.29, 1.82) is 0 Å². The molecular weight excluding hydrogens is 532 g/mol. The number of carboxylic acid groups (broad SMARTS) is 1. The number of hydrazine groups is 1. The highest BCUT2D eigenvalue weighted by Gasteiger charge is 2.31. The first-order valence-corrected chi connectivity index (χ1v) is 13.5. The van der Waals surface area contributed by atoms with Crippen molar-refractivity contribution in [3.05, 3.63) is 76.3 Å². The first-order chi connectivity index (χ1) is 18.0. The van der Waals surface area contributed by atoms with Gasteiger partial charge in [0, 0.05) is 31.1 Å². The normalized spacial score (nSPS) is 15.6. The summed E-state index contributed by atoms with van der Waals surface area (Å²) in [6.07, 6.45) is -0.245. The molecule has 1 aliphatic rings. The monoisotopic (exact) mass is 560 g/mol. The Labute approximate surface area is 226 Å². The molecule has 1 atom stereocenters. The first-order valence-electron chi connectivity index (χ1n) is 11.7. The molecule has 10 nitrogen and oxygen atoms in total. The Balaban J connectivity index is 1.75. The van der Waals surface area contributed by atoms with Gasteiger partial charge >= 0.3 is 5.97 Å². The number of carbonyl (C=O) groups is 1. The second-order valence-corrected chi connectivity index (χ2v) is 11.2. The molecule has 0 spiro atoms. The molecule has 0 radical (unpaired) electrons. The van der Waals surface area contributed by atoms with Crippen LogP contribution >= 0.6 is 11.6 Å². The van der Waals surface area contributed by atoms with Crippen molar-refractivity contribution >= 4 is 39.0 Å². The predicted molar refractivity (Wildman–Crippen MR) is 145 cm³/mol. The van der Waals surface area contributed by atoms with Gasteiger partial charge in [-0.2, -0.15) is 4.31 Å². The zero-order valence-electron chi connectivity index (χ0n) is 20.9. The van der Waals surface area contributed by atoms with Crippen LogP contribution in [0.1, 0.15) is 29.0 Å². The number of aliphatic carboxylic acids is 1. The van der Waals surface area contributed by atoms with Crippen LogP contribution in [0.5, 0.6) is 11.5 Å². The molecule has 0 aromatic heterocycles. The van der Waals surface area contributed by atoms with Crippen LogP contribution < -0.4 is 26.1 Å². The number of benzene rings is 3. The Hall–Kier alpha value is -3.51. The summed E-state index contributed by atoms with van der Waals surface area (Å²) in [4.78, 5) is 11.9. The van der Waals surface area contributed by atoms with E-state index in [4.69, 9.17) is 32.7 Å². The van der Waals surface area contributed by atoms with E-state index < -0.39 is 21.9 Å². The van der Waals surface area contributed by atoms with Gasteiger partial charge in [-0.25, -0.2) is 14.3 Å². The summed E-state index contributed by atoms with van der Waals surface area (Å²) < 4.78 is 39.2. The number of halogens is 1. The van der Waals surface area contributed by atoms with E-state index in [1.807, 2.05) is 0 Å². The summed E-state index contributed by atoms with van der Waals surface area (Å²) in [6.45, 7) is 0.281. The van der Waals surface area contributed by atoms with Crippen LogP contribution in [-0.2, 0) is 21.4 Å². The number of hydrogen-bond donors (Lipinski definition) is 3. The van der Waals surface area contributed by atoms with Crippen molar-refractivity contribution in [3.63, 3.8) is 0 Å². The smallest absolute Gasteiger partial charge is 0.304 e. The Morgan fingerprint density at radius 2 is 1.95 bits per heavy atom. The lowest BCUT2D eigenvalue weighted by Gasteiger charge is -2.24. The van der Waals surface area contributed by atoms with E-state index in [9.17, 15) is 18.3 Å². The number of carboxylic acids is 1. The molecule has 5 N–H and O–H groups in total. The van der Waals surface area contributed by atoms with E-state index in [1.54, 1.807) is 55.6 Å². The van der Waals surface area contributed by atoms with Gasteiger partial charge in [-0.1, -0.05) is 35.9 Å². The van der Waals surface area contributed by atoms with Gasteiger partial charge in [0.25, 0.3) is 0 Å². The number of anilines is 2. The van der Waals surface area contributed by atoms with Gasteiger partial charge < -0.3 is 25.3 Å². The summed E-state index contributed by atoms with van der Waals surface area (Å²) in [5.74, 6) is 4.95. The fraction of sp³-hybridized carbons (Fsp3) is 0.269. The summed E-state index contributed by atoms with van der Waals surface area (Å²) >= 11 is 6.51. The number of hydrogen-bond acceptors (Lipinski definition) is 8. The zero-order chi connectivity index (χ0) is 27.6. The van der Waals surface area contributed by atoms with Crippen LogP contribution in [0.2, 0.25) is 5.02 Å². The summed E-state index contributed by atoms with van der Waals surface area (Å²) in [5.41, 5.74) is 8.80. The number of para-hydroxylation sites is 1. The minimum atomic E-state index is -3.86. The molecule has 0 aliphatic carbocycles. The maximum absolute atomic E-state index is 13.4. The third-order valence-corrected chi connectivity index (χ3v) is 8.62. The maximum Gasteiger partial charge on any atom is 0.304 e. The maximum atomic E-state index is 13.4. The molecule has 3 aromatic carbocycles. The molecule has 38 heavy (non-hydrogen) atoms. The molecule has 0 saturated heterocycles. The lowest BCUT2D eigenvalue weighted by molar-refractivity contribution is -0.137. The Morgan fingerprint density at radius 3 is 2.63 bits per heavy atom. The van der Waals surface area contributed by atoms with Gasteiger partial charge in [0.2, 0.25) is 10.0 Å². The zero-order valence-corrected chi connectivity index (χ0v) is 22.5. The lowest BCUT2D eigenvalue weighted by Crippen LogP contribution is -2.32. The SMILES string of the molecule is COc1cc(C(CC(=O)O)c2ccc(Cl)c(CN3CCOc4ccccc4S3(=O)=O)c2)cc(N)c1N(C)N. The Kier molecular flexibility index (Phi) is 8.02. The Bertz CT molecular complexity index is 1460. The van der Waals surface area contributed by atoms with E-state index in [1.165, 1.54) is 22.5 Å². The van der Waals surface area contributed by atoms with Gasteiger partial charge in [0.15, 0.2) is 0 Å². The number of methoxy groups -OCH3 is 1. The van der Waals surface area contributed by atoms with Crippen molar-refractivity contribution in [2.24, 2.45) is 5.84 Å². The van der Waals surface area contributed by atoms with Gasteiger partial charge in [-0.05, 0) is 47.0 Å². The predicted octanol–water partition coefficient (Wildman–Crippen LogP) is 3.43. The van der Waals surface area contributed by atoms with E-state index in [0.29, 0.717) is 44.6 Å². The van der Waals surface area contributed by atoms with Crippen molar-refractivity contribution in [1.82, 2.24) is 4.31 Å². The molecule has 0 bridgehead atoms. The molecular formula is C26H29ClN4O6S. The largest absolute Gasteiger partial charge is 0.494 e. The van der Waals surface area contributed by atoms with Crippen molar-refractivity contribution < 1.29 is 27.8 Å². The van der Waals surface area contributed by atoms with Gasteiger partial charge in [0.05, 0.1) is 19.2 Å². The highest BCUT2D eigenvalue weighted by Crippen LogP contribution is 2.40. The number of ether oxygens (including phenoxy) is 2. The molecule has 202 valence electrons. The number of fused-ring (bicyclic) bond motifs is 1. The number of rotatable bonds is 8. The van der Waals surface area contributed by atoms with E-state index >= 15 is 0 Å². The number of sulfonamides is 1. The summed E-state index contributed by atoms with van der Waals surface area (Å²) in [7, 11) is -0.767. The average molecular weight is 561 g/mol. The molecule has 0 fully saturated rings. The van der Waals surface area contributed by atoms with Gasteiger partial charge in [-0.3, -0.25) is 4.79 Å². The van der Waals surface area contributed by atoms with Crippen LogP contribution in [0.25, 0.3) is 0 Å². The van der Waals surface area contributed by atoms with Crippen LogP contribution in [0.3, 0.4) is 0 Å². The molecule has 1 unspecified atom stereocenters. The summed E-state index contributed by atoms with van der Waals surface area (Å²) in [6, 6.07) is 14.9. The molecule has 0 saturated carbocycles. The Morgan fingerprint density at radius 1 is 1.21 bits per heavy atom. The van der Waals surface area contributed by atoms with E-state index in [2.05, 4.69) is 0 Å². The fourth-order valence-electron chi connectivity index (χ4n) is 4.57. The fourth-order valence-corrected chi connectivity index (χ4v) is 6.29. The molecule has 4 rings (SSSR count). The molecule has 1 aliphatic heterocycles. The second-order valence-electron chi connectivity index (χ2n) is 8.91. The van der Waals surface area contributed by atoms with Crippen LogP contribution in [0.4, 0.5) is 11.4 Å². The summed E-state index contributed by atoms with van der Waals surface area (Å²) in [5, 5.41) is 11.4. The third-order valence-electron chi connectivity index (χ3n) is 6.36. The number of nitrogens with zero attached hydrogens (tertiary/aromatic N) is 2. The lowest BCUT2D eigenvalue weighted by atomic mass is 9.87. The van der Waals surface area contributed by atoms with Crippen LogP contribution in [-0.4, -0.2) is 51.1 Å². The van der Waals surface area contributed by atoms with Gasteiger partial charge in [-0.15, -0.1) is 0 Å². The number of nitrogens with two attached hydrogens (primary N) is 2. The van der Waals surface area contributed by atoms with Crippen molar-refractivity contribution in [2.75, 3.05) is 38.1 Å². The minimum absolute atomic E-state index is 0.0190. The highest BCUT2D eigenvalue weighted by atomic mass is 35.5. The highest BCUT2D eigenvalue weighted by molar-refractivity contribution is 7.89. The quantitative estimate of drug-likeness (QED) is 0.214. The van der Waals surface area contributed by atoms with E-state index in [0.717, 1.165) is 0 Å². The van der Waals surface area contributed by atoms with Crippen molar-refractivity contribution in [2.45, 2.75) is 23.8 Å². The topological polar surface area (TPSA) is 148 Å².